The lowest BCUT2D eigenvalue weighted by Gasteiger charge is -2.10. The number of hydrogen-bond donors (Lipinski definition) is 1. The van der Waals surface area contributed by atoms with Crippen molar-refractivity contribution in [3.8, 4) is 0 Å². The number of nitrogens with zero attached hydrogens (tertiary/aromatic N) is 2. The van der Waals surface area contributed by atoms with Gasteiger partial charge in [0.15, 0.2) is 4.90 Å². The Balaban J connectivity index is 2.54. The van der Waals surface area contributed by atoms with E-state index >= 15 is 0 Å². The van der Waals surface area contributed by atoms with Crippen LogP contribution in [0, 0.1) is 25.5 Å². The molecule has 0 atom stereocenters. The van der Waals surface area contributed by atoms with Gasteiger partial charge >= 0.3 is 0 Å². The summed E-state index contributed by atoms with van der Waals surface area (Å²) in [6.07, 6.45) is 0. The van der Waals surface area contributed by atoms with Gasteiger partial charge in [-0.1, -0.05) is 15.9 Å². The first-order valence-electron chi connectivity index (χ1n) is 5.81. The third-order valence-corrected chi connectivity index (χ3v) is 4.84. The van der Waals surface area contributed by atoms with Crippen LogP contribution in [0.2, 0.25) is 0 Å². The second-order valence-electron chi connectivity index (χ2n) is 4.47. The predicted octanol–water partition coefficient (Wildman–Crippen LogP) is 2.88. The zero-order valence-corrected chi connectivity index (χ0v) is 13.8. The lowest BCUT2D eigenvalue weighted by molar-refractivity contribution is 0.520. The fourth-order valence-corrected chi connectivity index (χ4v) is 3.59. The van der Waals surface area contributed by atoms with Crippen molar-refractivity contribution in [1.82, 2.24) is 9.78 Å². The summed E-state index contributed by atoms with van der Waals surface area (Å²) in [5.41, 5.74) is 1.16. The maximum absolute atomic E-state index is 13.8. The summed E-state index contributed by atoms with van der Waals surface area (Å²) in [5, 5.41) is 4.04. The van der Waals surface area contributed by atoms with Crippen LogP contribution >= 0.6 is 15.9 Å². The molecule has 0 spiro atoms. The van der Waals surface area contributed by atoms with E-state index in [2.05, 4.69) is 25.8 Å². The van der Waals surface area contributed by atoms with Crippen molar-refractivity contribution in [1.29, 1.82) is 0 Å². The molecule has 1 aromatic heterocycles. The van der Waals surface area contributed by atoms with Crippen molar-refractivity contribution in [3.05, 3.63) is 39.6 Å². The number of halogens is 3. The summed E-state index contributed by atoms with van der Waals surface area (Å²) in [6.45, 7) is 3.24. The van der Waals surface area contributed by atoms with Crippen LogP contribution in [0.5, 0.6) is 0 Å². The lowest BCUT2D eigenvalue weighted by Crippen LogP contribution is -2.17. The Bertz CT molecular complexity index is 795. The van der Waals surface area contributed by atoms with Gasteiger partial charge < -0.3 is 0 Å². The molecule has 9 heteroatoms. The highest BCUT2D eigenvalue weighted by Gasteiger charge is 2.26. The monoisotopic (exact) mass is 379 g/mol. The molecule has 114 valence electrons. The van der Waals surface area contributed by atoms with Crippen LogP contribution in [0.15, 0.2) is 21.5 Å². The minimum atomic E-state index is -4.40. The number of aryl methyl sites for hydroxylation is 2. The smallest absolute Gasteiger partial charge is 0.267 e. The van der Waals surface area contributed by atoms with Gasteiger partial charge in [-0.05, 0) is 26.0 Å². The number of hydrogen-bond acceptors (Lipinski definition) is 3. The standard InChI is InChI=1S/C12H12BrF2N3O2S/c1-6-11(7(2)18(3)16-6)17-21(19,20)12-9(14)4-8(13)5-10(12)15/h4-5,17H,1-3H3. The van der Waals surface area contributed by atoms with E-state index < -0.39 is 26.6 Å². The van der Waals surface area contributed by atoms with Crippen molar-refractivity contribution in [2.75, 3.05) is 4.72 Å². The van der Waals surface area contributed by atoms with E-state index in [1.807, 2.05) is 0 Å². The molecule has 0 aliphatic heterocycles. The first-order chi connectivity index (χ1) is 9.63. The van der Waals surface area contributed by atoms with Crippen LogP contribution < -0.4 is 4.72 Å². The molecule has 5 nitrogen and oxygen atoms in total. The second-order valence-corrected chi connectivity index (χ2v) is 7.01. The van der Waals surface area contributed by atoms with E-state index in [1.54, 1.807) is 20.9 Å². The molecule has 0 radical (unpaired) electrons. The molecule has 0 bridgehead atoms. The average Bonchev–Trinajstić information content (AvgIpc) is 2.53. The Morgan fingerprint density at radius 1 is 1.24 bits per heavy atom. The molecule has 0 saturated heterocycles. The molecule has 0 fully saturated rings. The Labute approximate surface area is 129 Å². The molecule has 2 rings (SSSR count). The minimum Gasteiger partial charge on any atom is -0.276 e. The maximum Gasteiger partial charge on any atom is 0.267 e. The number of anilines is 1. The molecule has 0 amide bonds. The highest BCUT2D eigenvalue weighted by atomic mass is 79.9. The Morgan fingerprint density at radius 2 is 1.76 bits per heavy atom. The zero-order chi connectivity index (χ0) is 15.9. The summed E-state index contributed by atoms with van der Waals surface area (Å²) in [4.78, 5) is -1.02. The van der Waals surface area contributed by atoms with E-state index in [-0.39, 0.29) is 10.2 Å². The number of nitrogens with one attached hydrogen (secondary N) is 1. The van der Waals surface area contributed by atoms with Crippen molar-refractivity contribution in [3.63, 3.8) is 0 Å². The van der Waals surface area contributed by atoms with Crippen molar-refractivity contribution in [2.45, 2.75) is 18.7 Å². The van der Waals surface area contributed by atoms with Gasteiger partial charge in [0.25, 0.3) is 10.0 Å². The number of sulfonamides is 1. The van der Waals surface area contributed by atoms with E-state index in [4.69, 9.17) is 0 Å². The Hall–Kier alpha value is -1.48. The number of benzene rings is 1. The van der Waals surface area contributed by atoms with Crippen molar-refractivity contribution in [2.24, 2.45) is 7.05 Å². The van der Waals surface area contributed by atoms with Gasteiger partial charge in [0.2, 0.25) is 0 Å². The molecule has 21 heavy (non-hydrogen) atoms. The Morgan fingerprint density at radius 3 is 2.19 bits per heavy atom. The van der Waals surface area contributed by atoms with E-state index in [1.165, 1.54) is 4.68 Å². The topological polar surface area (TPSA) is 64.0 Å². The second kappa shape index (κ2) is 5.38. The van der Waals surface area contributed by atoms with Crippen LogP contribution in [0.25, 0.3) is 0 Å². The third kappa shape index (κ3) is 2.93. The van der Waals surface area contributed by atoms with Gasteiger partial charge in [0.05, 0.1) is 17.1 Å². The molecular formula is C12H12BrF2N3O2S. The molecule has 1 N–H and O–H groups in total. The average molecular weight is 380 g/mol. The van der Waals surface area contributed by atoms with E-state index in [0.29, 0.717) is 11.4 Å². The van der Waals surface area contributed by atoms with Gasteiger partial charge in [0.1, 0.15) is 11.6 Å². The van der Waals surface area contributed by atoms with E-state index in [9.17, 15) is 17.2 Å². The first kappa shape index (κ1) is 15.9. The predicted molar refractivity (Wildman–Crippen MR) is 77.5 cm³/mol. The largest absolute Gasteiger partial charge is 0.276 e. The summed E-state index contributed by atoms with van der Waals surface area (Å²) >= 11 is 2.90. The molecule has 0 aliphatic rings. The quantitative estimate of drug-likeness (QED) is 0.891. The van der Waals surface area contributed by atoms with Gasteiger partial charge in [-0.3, -0.25) is 9.40 Å². The molecular weight excluding hydrogens is 368 g/mol. The Kier molecular flexibility index (Phi) is 4.07. The van der Waals surface area contributed by atoms with Gasteiger partial charge in [-0.2, -0.15) is 5.10 Å². The van der Waals surface area contributed by atoms with Crippen LogP contribution in [-0.4, -0.2) is 18.2 Å². The third-order valence-electron chi connectivity index (χ3n) is 2.98. The molecule has 0 aliphatic carbocycles. The van der Waals surface area contributed by atoms with Crippen LogP contribution in [0.1, 0.15) is 11.4 Å². The fourth-order valence-electron chi connectivity index (χ4n) is 1.89. The van der Waals surface area contributed by atoms with Crippen LogP contribution in [0.3, 0.4) is 0 Å². The normalized spacial score (nSPS) is 11.7. The molecule has 2 aromatic rings. The molecule has 1 aromatic carbocycles. The highest BCUT2D eigenvalue weighted by molar-refractivity contribution is 9.10. The summed E-state index contributed by atoms with van der Waals surface area (Å²) in [6, 6.07) is 1.78. The summed E-state index contributed by atoms with van der Waals surface area (Å²) in [5.74, 6) is -2.35. The van der Waals surface area contributed by atoms with Crippen LogP contribution in [0.4, 0.5) is 14.5 Å². The SMILES string of the molecule is Cc1nn(C)c(C)c1NS(=O)(=O)c1c(F)cc(Br)cc1F. The fraction of sp³-hybridized carbons (Fsp3) is 0.250. The number of rotatable bonds is 3. The summed E-state index contributed by atoms with van der Waals surface area (Å²) < 4.78 is 55.8. The molecule has 1 heterocycles. The lowest BCUT2D eigenvalue weighted by atomic mass is 10.3. The van der Waals surface area contributed by atoms with Crippen LogP contribution in [-0.2, 0) is 17.1 Å². The minimum absolute atomic E-state index is 0.116. The maximum atomic E-state index is 13.8. The first-order valence-corrected chi connectivity index (χ1v) is 8.08. The van der Waals surface area contributed by atoms with E-state index in [0.717, 1.165) is 12.1 Å². The number of aromatic nitrogens is 2. The molecule has 0 saturated carbocycles. The zero-order valence-electron chi connectivity index (χ0n) is 11.4. The highest BCUT2D eigenvalue weighted by Crippen LogP contribution is 2.27. The summed E-state index contributed by atoms with van der Waals surface area (Å²) in [7, 11) is -2.76. The van der Waals surface area contributed by atoms with Gasteiger partial charge in [-0.25, -0.2) is 17.2 Å². The van der Waals surface area contributed by atoms with Gasteiger partial charge in [-0.15, -0.1) is 0 Å². The molecule has 0 unspecified atom stereocenters. The van der Waals surface area contributed by atoms with Gasteiger partial charge in [0, 0.05) is 11.5 Å². The van der Waals surface area contributed by atoms with Crippen molar-refractivity contribution < 1.29 is 17.2 Å². The van der Waals surface area contributed by atoms with Crippen molar-refractivity contribution >= 4 is 31.6 Å².